The van der Waals surface area contributed by atoms with E-state index in [1.165, 1.54) is 4.90 Å². The number of thioether (sulfide) groups is 1. The zero-order valence-corrected chi connectivity index (χ0v) is 11.8. The summed E-state index contributed by atoms with van der Waals surface area (Å²) < 4.78 is 0. The van der Waals surface area contributed by atoms with Gasteiger partial charge in [-0.05, 0) is 37.7 Å². The van der Waals surface area contributed by atoms with Crippen LogP contribution in [0.4, 0.5) is 0 Å². The molecular weight excluding hydrogens is 252 g/mol. The van der Waals surface area contributed by atoms with E-state index in [9.17, 15) is 14.7 Å². The molecule has 1 aliphatic rings. The van der Waals surface area contributed by atoms with E-state index in [4.69, 9.17) is 5.73 Å². The second kappa shape index (κ2) is 6.43. The Kier molecular flexibility index (Phi) is 5.47. The minimum atomic E-state index is -1.03. The van der Waals surface area contributed by atoms with Crippen molar-refractivity contribution in [2.24, 2.45) is 5.73 Å². The smallest absolute Gasteiger partial charge is 0.329 e. The molecule has 0 aliphatic carbocycles. The number of nitrogens with zero attached hydrogens (tertiary/aromatic N) is 1. The molecule has 1 unspecified atom stereocenters. The fraction of sp³-hybridized carbons (Fsp3) is 0.833. The molecule has 1 rings (SSSR count). The summed E-state index contributed by atoms with van der Waals surface area (Å²) in [6, 6.07) is -0.583. The topological polar surface area (TPSA) is 83.6 Å². The fourth-order valence-corrected chi connectivity index (χ4v) is 3.00. The van der Waals surface area contributed by atoms with E-state index in [-0.39, 0.29) is 5.91 Å². The van der Waals surface area contributed by atoms with Crippen molar-refractivity contribution >= 4 is 23.6 Å². The van der Waals surface area contributed by atoms with Crippen LogP contribution in [0.2, 0.25) is 0 Å². The van der Waals surface area contributed by atoms with Crippen molar-refractivity contribution in [3.05, 3.63) is 0 Å². The molecule has 0 radical (unpaired) electrons. The number of amides is 1. The van der Waals surface area contributed by atoms with E-state index < -0.39 is 17.6 Å². The van der Waals surface area contributed by atoms with Crippen molar-refractivity contribution in [3.8, 4) is 0 Å². The predicted molar refractivity (Wildman–Crippen MR) is 72.6 cm³/mol. The van der Waals surface area contributed by atoms with E-state index in [1.807, 2.05) is 13.2 Å². The van der Waals surface area contributed by atoms with Gasteiger partial charge in [0, 0.05) is 6.54 Å². The van der Waals surface area contributed by atoms with Gasteiger partial charge in [0.25, 0.3) is 0 Å². The Bertz CT molecular complexity index is 324. The molecule has 0 bridgehead atoms. The Balaban J connectivity index is 2.80. The van der Waals surface area contributed by atoms with Gasteiger partial charge in [-0.15, -0.1) is 0 Å². The van der Waals surface area contributed by atoms with Crippen molar-refractivity contribution in [2.75, 3.05) is 18.6 Å². The molecule has 0 aromatic heterocycles. The first-order valence-corrected chi connectivity index (χ1v) is 7.68. The van der Waals surface area contributed by atoms with Gasteiger partial charge in [-0.1, -0.05) is 6.92 Å². The molecule has 0 aromatic rings. The zero-order chi connectivity index (χ0) is 13.8. The van der Waals surface area contributed by atoms with Crippen molar-refractivity contribution < 1.29 is 14.7 Å². The number of carboxylic acids is 1. The Morgan fingerprint density at radius 3 is 2.72 bits per heavy atom. The van der Waals surface area contributed by atoms with Crippen LogP contribution < -0.4 is 5.73 Å². The maximum absolute atomic E-state index is 12.3. The third-order valence-electron chi connectivity index (χ3n) is 3.69. The quantitative estimate of drug-likeness (QED) is 0.752. The standard InChI is InChI=1S/C12H22N2O3S/c1-3-12(11(16)17)6-4-7-14(12)10(15)9(13)5-8-18-2/h9H,3-8,13H2,1-2H3,(H,16,17)/t9-,12?/m0/s1. The van der Waals surface area contributed by atoms with Crippen molar-refractivity contribution in [3.63, 3.8) is 0 Å². The second-order valence-corrected chi connectivity index (χ2v) is 5.66. The van der Waals surface area contributed by atoms with Crippen molar-refractivity contribution in [1.29, 1.82) is 0 Å². The van der Waals surface area contributed by atoms with Crippen LogP contribution in [0.5, 0.6) is 0 Å². The average Bonchev–Trinajstić information content (AvgIpc) is 2.79. The van der Waals surface area contributed by atoms with Gasteiger partial charge in [0.05, 0.1) is 6.04 Å². The number of likely N-dealkylation sites (tertiary alicyclic amines) is 1. The first-order valence-electron chi connectivity index (χ1n) is 6.29. The zero-order valence-electron chi connectivity index (χ0n) is 11.0. The SMILES string of the molecule is CCC1(C(=O)O)CCCN1C(=O)[C@@H](N)CCSC. The lowest BCUT2D eigenvalue weighted by atomic mass is 9.92. The molecule has 1 fully saturated rings. The third-order valence-corrected chi connectivity index (χ3v) is 4.33. The van der Waals surface area contributed by atoms with Crippen LogP contribution in [0.25, 0.3) is 0 Å². The molecule has 1 heterocycles. The average molecular weight is 274 g/mol. The number of nitrogens with two attached hydrogens (primary N) is 1. The van der Waals surface area contributed by atoms with Gasteiger partial charge in [0.1, 0.15) is 5.54 Å². The summed E-state index contributed by atoms with van der Waals surface area (Å²) in [6.45, 7) is 2.32. The summed E-state index contributed by atoms with van der Waals surface area (Å²) in [5, 5.41) is 9.40. The molecule has 1 amide bonds. The predicted octanol–water partition coefficient (Wildman–Crippen LogP) is 0.923. The molecule has 5 nitrogen and oxygen atoms in total. The van der Waals surface area contributed by atoms with Crippen LogP contribution in [0.15, 0.2) is 0 Å². The van der Waals surface area contributed by atoms with Crippen LogP contribution >= 0.6 is 11.8 Å². The van der Waals surface area contributed by atoms with Gasteiger partial charge < -0.3 is 15.7 Å². The molecule has 0 saturated carbocycles. The maximum atomic E-state index is 12.3. The molecule has 2 atom stereocenters. The Hall–Kier alpha value is -0.750. The van der Waals surface area contributed by atoms with E-state index >= 15 is 0 Å². The lowest BCUT2D eigenvalue weighted by molar-refractivity contribution is -0.157. The summed E-state index contributed by atoms with van der Waals surface area (Å²) in [5.74, 6) is -0.314. The van der Waals surface area contributed by atoms with E-state index in [2.05, 4.69) is 0 Å². The van der Waals surface area contributed by atoms with Gasteiger partial charge in [0.15, 0.2) is 0 Å². The van der Waals surface area contributed by atoms with Crippen molar-refractivity contribution in [1.82, 2.24) is 4.90 Å². The van der Waals surface area contributed by atoms with E-state index in [1.54, 1.807) is 11.8 Å². The minimum Gasteiger partial charge on any atom is -0.479 e. The number of rotatable bonds is 6. The van der Waals surface area contributed by atoms with Crippen LogP contribution in [-0.4, -0.2) is 52.0 Å². The highest BCUT2D eigenvalue weighted by Gasteiger charge is 2.49. The molecule has 1 aliphatic heterocycles. The molecule has 0 aromatic carbocycles. The van der Waals surface area contributed by atoms with E-state index in [0.29, 0.717) is 25.8 Å². The number of carbonyl (C=O) groups excluding carboxylic acids is 1. The van der Waals surface area contributed by atoms with Gasteiger partial charge >= 0.3 is 5.97 Å². The van der Waals surface area contributed by atoms with Crippen molar-refractivity contribution in [2.45, 2.75) is 44.2 Å². The molecule has 1 saturated heterocycles. The maximum Gasteiger partial charge on any atom is 0.329 e. The lowest BCUT2D eigenvalue weighted by Crippen LogP contribution is -2.56. The molecule has 18 heavy (non-hydrogen) atoms. The summed E-state index contributed by atoms with van der Waals surface area (Å²) in [5.41, 5.74) is 4.83. The summed E-state index contributed by atoms with van der Waals surface area (Å²) in [4.78, 5) is 25.2. The summed E-state index contributed by atoms with van der Waals surface area (Å²) in [7, 11) is 0. The van der Waals surface area contributed by atoms with Gasteiger partial charge in [-0.25, -0.2) is 4.79 Å². The molecule has 0 spiro atoms. The van der Waals surface area contributed by atoms with Gasteiger partial charge in [0.2, 0.25) is 5.91 Å². The highest BCUT2D eigenvalue weighted by molar-refractivity contribution is 7.98. The van der Waals surface area contributed by atoms with Crippen LogP contribution in [0, 0.1) is 0 Å². The third kappa shape index (κ3) is 2.80. The number of hydrogen-bond donors (Lipinski definition) is 2. The number of aliphatic carboxylic acids is 1. The number of carboxylic acid groups (broad SMARTS) is 1. The summed E-state index contributed by atoms with van der Waals surface area (Å²) in [6.07, 6.45) is 4.25. The van der Waals surface area contributed by atoms with Gasteiger partial charge in [-0.2, -0.15) is 11.8 Å². The van der Waals surface area contributed by atoms with Crippen LogP contribution in [-0.2, 0) is 9.59 Å². The highest BCUT2D eigenvalue weighted by atomic mass is 32.2. The Morgan fingerprint density at radius 1 is 1.56 bits per heavy atom. The Labute approximate surface area is 112 Å². The van der Waals surface area contributed by atoms with Gasteiger partial charge in [-0.3, -0.25) is 4.79 Å². The Morgan fingerprint density at radius 2 is 2.22 bits per heavy atom. The largest absolute Gasteiger partial charge is 0.479 e. The van der Waals surface area contributed by atoms with Crippen LogP contribution in [0.1, 0.15) is 32.6 Å². The first-order chi connectivity index (χ1) is 8.49. The number of carbonyl (C=O) groups is 2. The normalized spacial score (nSPS) is 25.2. The first kappa shape index (κ1) is 15.3. The fourth-order valence-electron chi connectivity index (χ4n) is 2.51. The minimum absolute atomic E-state index is 0.217. The molecule has 6 heteroatoms. The van der Waals surface area contributed by atoms with Crippen LogP contribution in [0.3, 0.4) is 0 Å². The molecular formula is C12H22N2O3S. The molecule has 104 valence electrons. The summed E-state index contributed by atoms with van der Waals surface area (Å²) >= 11 is 1.63. The second-order valence-electron chi connectivity index (χ2n) is 4.67. The van der Waals surface area contributed by atoms with E-state index in [0.717, 1.165) is 12.2 Å². The monoisotopic (exact) mass is 274 g/mol. The lowest BCUT2D eigenvalue weighted by Gasteiger charge is -2.35. The highest BCUT2D eigenvalue weighted by Crippen LogP contribution is 2.33. The molecule has 3 N–H and O–H groups in total. The number of hydrogen-bond acceptors (Lipinski definition) is 4.